The fourth-order valence-corrected chi connectivity index (χ4v) is 5.06. The Morgan fingerprint density at radius 3 is 2.44 bits per heavy atom. The third-order valence-electron chi connectivity index (χ3n) is 7.35. The SMILES string of the molecule is CN(c1ccc(F)cc1N(C=O)Cc1ccc(-c2nnc(C(F)F)o2)cn1)C1CCN(C(=O)N2CCOCC2)CC1. The molecule has 2 aliphatic heterocycles. The number of amides is 3. The van der Waals surface area contributed by atoms with Gasteiger partial charge in [0.15, 0.2) is 0 Å². The Balaban J connectivity index is 1.27. The molecule has 2 aliphatic rings. The van der Waals surface area contributed by atoms with Crippen molar-refractivity contribution >= 4 is 23.8 Å². The van der Waals surface area contributed by atoms with Crippen molar-refractivity contribution in [3.05, 3.63) is 53.9 Å². The van der Waals surface area contributed by atoms with Crippen LogP contribution < -0.4 is 9.80 Å². The average molecular weight is 574 g/mol. The van der Waals surface area contributed by atoms with Gasteiger partial charge in [-0.2, -0.15) is 8.78 Å². The Bertz CT molecular complexity index is 1340. The van der Waals surface area contributed by atoms with E-state index in [1.54, 1.807) is 18.2 Å². The summed E-state index contributed by atoms with van der Waals surface area (Å²) in [6.45, 7) is 3.49. The smallest absolute Gasteiger partial charge is 0.320 e. The molecule has 3 amide bonds. The van der Waals surface area contributed by atoms with Gasteiger partial charge in [0, 0.05) is 45.5 Å². The summed E-state index contributed by atoms with van der Waals surface area (Å²) in [4.78, 5) is 36.4. The predicted molar refractivity (Wildman–Crippen MR) is 142 cm³/mol. The van der Waals surface area contributed by atoms with Crippen LogP contribution in [-0.2, 0) is 16.1 Å². The Kier molecular flexibility index (Phi) is 8.67. The third kappa shape index (κ3) is 6.42. The van der Waals surface area contributed by atoms with Crippen LogP contribution in [0.3, 0.4) is 0 Å². The highest BCUT2D eigenvalue weighted by Crippen LogP contribution is 2.33. The number of halogens is 3. The molecule has 4 heterocycles. The molecule has 0 unspecified atom stereocenters. The van der Waals surface area contributed by atoms with E-state index in [2.05, 4.69) is 15.2 Å². The van der Waals surface area contributed by atoms with Gasteiger partial charge in [-0.05, 0) is 43.2 Å². The summed E-state index contributed by atoms with van der Waals surface area (Å²) in [5, 5.41) is 6.91. The molecule has 1 aromatic carbocycles. The lowest BCUT2D eigenvalue weighted by Gasteiger charge is -2.41. The van der Waals surface area contributed by atoms with E-state index in [1.807, 2.05) is 21.7 Å². The number of carbonyl (C=O) groups excluding carboxylic acids is 2. The number of pyridine rings is 1. The molecule has 0 atom stereocenters. The van der Waals surface area contributed by atoms with Gasteiger partial charge in [-0.25, -0.2) is 9.18 Å². The molecular weight excluding hydrogens is 543 g/mol. The first-order valence-corrected chi connectivity index (χ1v) is 13.3. The number of hydrogen-bond donors (Lipinski definition) is 0. The van der Waals surface area contributed by atoms with Gasteiger partial charge in [0.2, 0.25) is 12.3 Å². The van der Waals surface area contributed by atoms with Crippen LogP contribution in [0.1, 0.15) is 30.9 Å². The zero-order chi connectivity index (χ0) is 28.9. The van der Waals surface area contributed by atoms with Gasteiger partial charge in [0.05, 0.1) is 42.4 Å². The van der Waals surface area contributed by atoms with Crippen molar-refractivity contribution in [1.82, 2.24) is 25.0 Å². The molecule has 14 heteroatoms. The number of hydrogen-bond acceptors (Lipinski definition) is 8. The van der Waals surface area contributed by atoms with Gasteiger partial charge in [-0.1, -0.05) is 0 Å². The summed E-state index contributed by atoms with van der Waals surface area (Å²) >= 11 is 0. The monoisotopic (exact) mass is 573 g/mol. The lowest BCUT2D eigenvalue weighted by molar-refractivity contribution is -0.107. The number of likely N-dealkylation sites (tertiary alicyclic amines) is 1. The van der Waals surface area contributed by atoms with Gasteiger partial charge in [0.1, 0.15) is 5.82 Å². The molecule has 218 valence electrons. The van der Waals surface area contributed by atoms with Crippen molar-refractivity contribution in [3.8, 4) is 11.5 Å². The zero-order valence-electron chi connectivity index (χ0n) is 22.5. The van der Waals surface area contributed by atoms with Gasteiger partial charge in [-0.15, -0.1) is 10.2 Å². The van der Waals surface area contributed by atoms with Crippen molar-refractivity contribution in [2.24, 2.45) is 0 Å². The second-order valence-electron chi connectivity index (χ2n) is 9.86. The van der Waals surface area contributed by atoms with E-state index in [0.717, 1.165) is 12.8 Å². The standard InChI is InChI=1S/C27H30F3N7O4/c1-34(21-6-8-35(9-7-21)27(39)36-10-12-40-13-11-36)22-5-3-19(28)14-23(22)37(17-38)16-20-4-2-18(15-31-20)25-32-33-26(41-25)24(29)30/h2-5,14-15,17,21,24H,6-13,16H2,1H3. The van der Waals surface area contributed by atoms with E-state index in [0.29, 0.717) is 68.4 Å². The lowest BCUT2D eigenvalue weighted by atomic mass is 10.0. The van der Waals surface area contributed by atoms with Crippen molar-refractivity contribution in [2.45, 2.75) is 31.9 Å². The van der Waals surface area contributed by atoms with Crippen molar-refractivity contribution in [2.75, 3.05) is 56.2 Å². The minimum atomic E-state index is -2.88. The largest absolute Gasteiger partial charge is 0.415 e. The highest BCUT2D eigenvalue weighted by Gasteiger charge is 2.30. The molecule has 0 saturated carbocycles. The maximum Gasteiger partial charge on any atom is 0.320 e. The first-order valence-electron chi connectivity index (χ1n) is 13.3. The molecule has 41 heavy (non-hydrogen) atoms. The van der Waals surface area contributed by atoms with Crippen LogP contribution in [0.4, 0.5) is 29.3 Å². The first-order chi connectivity index (χ1) is 19.8. The van der Waals surface area contributed by atoms with Crippen LogP contribution in [0, 0.1) is 5.82 Å². The molecule has 5 rings (SSSR count). The molecule has 2 fully saturated rings. The Morgan fingerprint density at radius 2 is 1.80 bits per heavy atom. The summed E-state index contributed by atoms with van der Waals surface area (Å²) in [7, 11) is 1.90. The number of morpholine rings is 1. The van der Waals surface area contributed by atoms with Gasteiger partial charge < -0.3 is 28.8 Å². The normalized spacial score (nSPS) is 16.2. The number of nitrogens with zero attached hydrogens (tertiary/aromatic N) is 7. The Morgan fingerprint density at radius 1 is 1.07 bits per heavy atom. The molecule has 2 saturated heterocycles. The van der Waals surface area contributed by atoms with Crippen LogP contribution in [0.5, 0.6) is 0 Å². The summed E-state index contributed by atoms with van der Waals surface area (Å²) < 4.78 is 50.2. The Hall–Kier alpha value is -4.20. The van der Waals surface area contributed by atoms with E-state index in [9.17, 15) is 22.8 Å². The van der Waals surface area contributed by atoms with Crippen molar-refractivity contribution < 1.29 is 31.9 Å². The minimum absolute atomic E-state index is 0.0241. The number of carbonyl (C=O) groups is 2. The Labute approximate surface area is 234 Å². The second kappa shape index (κ2) is 12.5. The van der Waals surface area contributed by atoms with Crippen LogP contribution in [0.2, 0.25) is 0 Å². The first kappa shape index (κ1) is 28.3. The van der Waals surface area contributed by atoms with Crippen LogP contribution in [-0.4, -0.2) is 89.9 Å². The minimum Gasteiger partial charge on any atom is -0.415 e. The van der Waals surface area contributed by atoms with Crippen LogP contribution in [0.15, 0.2) is 40.9 Å². The summed E-state index contributed by atoms with van der Waals surface area (Å²) in [6.07, 6.45) is 0.546. The number of rotatable bonds is 8. The van der Waals surface area contributed by atoms with Gasteiger partial charge >= 0.3 is 12.5 Å². The molecule has 2 aromatic heterocycles. The molecule has 11 nitrogen and oxygen atoms in total. The summed E-state index contributed by atoms with van der Waals surface area (Å²) in [5.74, 6) is -1.38. The van der Waals surface area contributed by atoms with Crippen molar-refractivity contribution in [1.29, 1.82) is 0 Å². The predicted octanol–water partition coefficient (Wildman–Crippen LogP) is 3.72. The van der Waals surface area contributed by atoms with E-state index in [1.165, 1.54) is 23.2 Å². The van der Waals surface area contributed by atoms with Crippen LogP contribution >= 0.6 is 0 Å². The maximum atomic E-state index is 14.4. The molecule has 0 spiro atoms. The summed E-state index contributed by atoms with van der Waals surface area (Å²) in [5.41, 5.74) is 1.86. The second-order valence-corrected chi connectivity index (χ2v) is 9.86. The van der Waals surface area contributed by atoms with Crippen molar-refractivity contribution in [3.63, 3.8) is 0 Å². The average Bonchev–Trinajstić information content (AvgIpc) is 3.51. The number of aromatic nitrogens is 3. The molecule has 0 aliphatic carbocycles. The number of urea groups is 1. The summed E-state index contributed by atoms with van der Waals surface area (Å²) in [6, 6.07) is 7.55. The quantitative estimate of drug-likeness (QED) is 0.376. The highest BCUT2D eigenvalue weighted by molar-refractivity contribution is 5.84. The molecule has 0 bridgehead atoms. The van der Waals surface area contributed by atoms with E-state index >= 15 is 0 Å². The number of alkyl halides is 2. The van der Waals surface area contributed by atoms with E-state index in [4.69, 9.17) is 9.15 Å². The molecule has 3 aromatic rings. The lowest BCUT2D eigenvalue weighted by Crippen LogP contribution is -2.52. The number of anilines is 2. The van der Waals surface area contributed by atoms with Gasteiger partial charge in [-0.3, -0.25) is 9.78 Å². The molecule has 0 N–H and O–H groups in total. The maximum absolute atomic E-state index is 14.4. The topological polar surface area (TPSA) is 108 Å². The third-order valence-corrected chi connectivity index (χ3v) is 7.35. The number of piperidine rings is 1. The zero-order valence-corrected chi connectivity index (χ0v) is 22.5. The fourth-order valence-electron chi connectivity index (χ4n) is 5.06. The molecule has 0 radical (unpaired) electrons. The van der Waals surface area contributed by atoms with E-state index < -0.39 is 18.1 Å². The molecular formula is C27H30F3N7O4. The fraction of sp³-hybridized carbons (Fsp3) is 0.444. The van der Waals surface area contributed by atoms with Gasteiger partial charge in [0.25, 0.3) is 5.89 Å². The van der Waals surface area contributed by atoms with E-state index in [-0.39, 0.29) is 24.5 Å². The number of benzene rings is 1. The van der Waals surface area contributed by atoms with Crippen LogP contribution in [0.25, 0.3) is 11.5 Å². The number of ether oxygens (including phenoxy) is 1. The highest BCUT2D eigenvalue weighted by atomic mass is 19.3.